The molecule has 49 valence electrons. The molecule has 0 fully saturated rings. The molecule has 4 heteroatoms. The molecule has 0 amide bonds. The van der Waals surface area contributed by atoms with Gasteiger partial charge in [0.05, 0.1) is 0 Å². The summed E-state index contributed by atoms with van der Waals surface area (Å²) >= 11 is 0. The highest BCUT2D eigenvalue weighted by atomic mass is 16.5. The molecule has 0 rings (SSSR count). The lowest BCUT2D eigenvalue weighted by atomic mass is 10.5. The SMILES string of the molecule is [CH2]OC(=O)/C=C/C(=O)O. The minimum atomic E-state index is -1.19. The highest BCUT2D eigenvalue weighted by Crippen LogP contribution is 1.77. The van der Waals surface area contributed by atoms with Crippen molar-refractivity contribution < 1.29 is 19.4 Å². The standard InChI is InChI=1S/C5H5O4/c1-9-5(8)3-2-4(6)7/h2-3H,1H2,(H,6,7)/b3-2+. The van der Waals surface area contributed by atoms with Crippen LogP contribution in [0.2, 0.25) is 0 Å². The Kier molecular flexibility index (Phi) is 3.12. The molecule has 0 aromatic heterocycles. The van der Waals surface area contributed by atoms with E-state index in [2.05, 4.69) is 11.8 Å². The van der Waals surface area contributed by atoms with Gasteiger partial charge in [0.15, 0.2) is 0 Å². The maximum atomic E-state index is 10.1. The molecule has 0 heterocycles. The van der Waals surface area contributed by atoms with Crippen molar-refractivity contribution in [3.63, 3.8) is 0 Å². The van der Waals surface area contributed by atoms with E-state index in [1.165, 1.54) is 0 Å². The topological polar surface area (TPSA) is 63.6 Å². The first-order valence-electron chi connectivity index (χ1n) is 2.04. The average molecular weight is 129 g/mol. The van der Waals surface area contributed by atoms with E-state index in [1.54, 1.807) is 0 Å². The molecule has 0 aliphatic heterocycles. The van der Waals surface area contributed by atoms with Crippen LogP contribution >= 0.6 is 0 Å². The lowest BCUT2D eigenvalue weighted by molar-refractivity contribution is -0.134. The number of esters is 1. The Morgan fingerprint density at radius 3 is 2.33 bits per heavy atom. The molecular weight excluding hydrogens is 124 g/mol. The Morgan fingerprint density at radius 1 is 1.44 bits per heavy atom. The van der Waals surface area contributed by atoms with E-state index < -0.39 is 11.9 Å². The molecule has 1 radical (unpaired) electrons. The van der Waals surface area contributed by atoms with E-state index in [1.807, 2.05) is 0 Å². The number of carbonyl (C=O) groups excluding carboxylic acids is 1. The van der Waals surface area contributed by atoms with E-state index in [9.17, 15) is 9.59 Å². The molecule has 0 spiro atoms. The van der Waals surface area contributed by atoms with E-state index in [0.29, 0.717) is 6.08 Å². The summed E-state index contributed by atoms with van der Waals surface area (Å²) < 4.78 is 3.86. The van der Waals surface area contributed by atoms with Crippen LogP contribution in [0.25, 0.3) is 0 Å². The fourth-order valence-corrected chi connectivity index (χ4v) is 0.187. The summed E-state index contributed by atoms with van der Waals surface area (Å²) in [6, 6.07) is 0. The number of ether oxygens (including phenoxy) is 1. The van der Waals surface area contributed by atoms with Gasteiger partial charge in [-0.3, -0.25) is 0 Å². The summed E-state index contributed by atoms with van der Waals surface area (Å²) in [7, 11) is 2.77. The maximum Gasteiger partial charge on any atom is 0.331 e. The number of carboxylic acids is 1. The zero-order valence-electron chi connectivity index (χ0n) is 4.53. The minimum absolute atomic E-state index is 0.674. The maximum absolute atomic E-state index is 10.1. The molecule has 0 atom stereocenters. The van der Waals surface area contributed by atoms with Gasteiger partial charge < -0.3 is 9.84 Å². The second-order valence-electron chi connectivity index (χ2n) is 1.13. The molecule has 0 saturated heterocycles. The Labute approximate surface area is 51.7 Å². The van der Waals surface area contributed by atoms with Crippen LogP contribution in [-0.4, -0.2) is 17.0 Å². The van der Waals surface area contributed by atoms with Crippen molar-refractivity contribution in [1.29, 1.82) is 0 Å². The number of hydrogen-bond acceptors (Lipinski definition) is 3. The number of carbonyl (C=O) groups is 2. The molecule has 0 bridgehead atoms. The third kappa shape index (κ3) is 4.53. The summed E-state index contributed by atoms with van der Waals surface area (Å²) in [5, 5.41) is 7.94. The van der Waals surface area contributed by atoms with Gasteiger partial charge in [0.2, 0.25) is 0 Å². The average Bonchev–Trinajstić information content (AvgIpc) is 1.83. The zero-order valence-corrected chi connectivity index (χ0v) is 4.53. The van der Waals surface area contributed by atoms with Crippen LogP contribution in [0.1, 0.15) is 0 Å². The predicted octanol–water partition coefficient (Wildman–Crippen LogP) is -0.0380. The van der Waals surface area contributed by atoms with Gasteiger partial charge in [-0.2, -0.15) is 0 Å². The third-order valence-corrected chi connectivity index (χ3v) is 0.504. The van der Waals surface area contributed by atoms with Gasteiger partial charge in [-0.05, 0) is 0 Å². The monoisotopic (exact) mass is 129 g/mol. The first kappa shape index (κ1) is 7.68. The zero-order chi connectivity index (χ0) is 7.28. The highest BCUT2D eigenvalue weighted by molar-refractivity contribution is 5.90. The first-order chi connectivity index (χ1) is 4.16. The lowest BCUT2D eigenvalue weighted by Crippen LogP contribution is -1.95. The van der Waals surface area contributed by atoms with Crippen LogP contribution in [-0.2, 0) is 14.3 Å². The van der Waals surface area contributed by atoms with Crippen LogP contribution in [0.15, 0.2) is 12.2 Å². The molecule has 0 aliphatic rings. The first-order valence-corrected chi connectivity index (χ1v) is 2.04. The van der Waals surface area contributed by atoms with Gasteiger partial charge in [-0.15, -0.1) is 0 Å². The molecule has 0 aromatic carbocycles. The lowest BCUT2D eigenvalue weighted by Gasteiger charge is -1.85. The Bertz CT molecular complexity index is 147. The Hall–Kier alpha value is -1.32. The summed E-state index contributed by atoms with van der Waals surface area (Å²) in [5.41, 5.74) is 0. The van der Waals surface area contributed by atoms with E-state index in [0.717, 1.165) is 6.08 Å². The fourth-order valence-electron chi connectivity index (χ4n) is 0.187. The highest BCUT2D eigenvalue weighted by Gasteiger charge is 1.91. The Morgan fingerprint density at radius 2 is 2.00 bits per heavy atom. The van der Waals surface area contributed by atoms with Crippen LogP contribution in [0.5, 0.6) is 0 Å². The summed E-state index contributed by atoms with van der Waals surface area (Å²) in [4.78, 5) is 19.8. The van der Waals surface area contributed by atoms with Crippen molar-refractivity contribution in [2.24, 2.45) is 0 Å². The van der Waals surface area contributed by atoms with Gasteiger partial charge in [0.1, 0.15) is 7.11 Å². The van der Waals surface area contributed by atoms with Crippen molar-refractivity contribution in [2.45, 2.75) is 0 Å². The van der Waals surface area contributed by atoms with Crippen LogP contribution in [0.4, 0.5) is 0 Å². The smallest absolute Gasteiger partial charge is 0.331 e. The third-order valence-electron chi connectivity index (χ3n) is 0.504. The summed E-state index contributed by atoms with van der Waals surface area (Å²) in [6.45, 7) is 0. The summed E-state index contributed by atoms with van der Waals surface area (Å²) in [5.74, 6) is -1.97. The van der Waals surface area contributed by atoms with Gasteiger partial charge in [0.25, 0.3) is 0 Å². The van der Waals surface area contributed by atoms with Gasteiger partial charge in [0, 0.05) is 12.2 Å². The van der Waals surface area contributed by atoms with Crippen LogP contribution in [0.3, 0.4) is 0 Å². The van der Waals surface area contributed by atoms with E-state index >= 15 is 0 Å². The molecular formula is C5H5O4. The molecule has 0 unspecified atom stereocenters. The predicted molar refractivity (Wildman–Crippen MR) is 28.2 cm³/mol. The number of hydrogen-bond donors (Lipinski definition) is 1. The van der Waals surface area contributed by atoms with Gasteiger partial charge in [-0.25, -0.2) is 9.59 Å². The second-order valence-corrected chi connectivity index (χ2v) is 1.13. The van der Waals surface area contributed by atoms with Crippen molar-refractivity contribution >= 4 is 11.9 Å². The van der Waals surface area contributed by atoms with Crippen molar-refractivity contribution in [2.75, 3.05) is 0 Å². The van der Waals surface area contributed by atoms with Gasteiger partial charge >= 0.3 is 11.9 Å². The summed E-state index contributed by atoms with van der Waals surface area (Å²) in [6.07, 6.45) is 1.45. The van der Waals surface area contributed by atoms with E-state index in [-0.39, 0.29) is 0 Å². The molecule has 4 nitrogen and oxygen atoms in total. The van der Waals surface area contributed by atoms with E-state index in [4.69, 9.17) is 5.11 Å². The number of aliphatic carboxylic acids is 1. The van der Waals surface area contributed by atoms with Crippen molar-refractivity contribution in [3.8, 4) is 0 Å². The van der Waals surface area contributed by atoms with Crippen molar-refractivity contribution in [3.05, 3.63) is 19.3 Å². The molecule has 1 N–H and O–H groups in total. The quantitative estimate of drug-likeness (QED) is 0.419. The van der Waals surface area contributed by atoms with Crippen LogP contribution < -0.4 is 0 Å². The van der Waals surface area contributed by atoms with Crippen molar-refractivity contribution in [1.82, 2.24) is 0 Å². The van der Waals surface area contributed by atoms with Crippen LogP contribution in [0, 0.1) is 7.11 Å². The number of carboxylic acid groups (broad SMARTS) is 1. The minimum Gasteiger partial charge on any atom is -0.478 e. The number of rotatable bonds is 2. The Balaban J connectivity index is 3.71. The largest absolute Gasteiger partial charge is 0.478 e. The second kappa shape index (κ2) is 3.65. The fraction of sp³-hybridized carbons (Fsp3) is 0. The normalized spacial score (nSPS) is 9.44. The molecule has 9 heavy (non-hydrogen) atoms. The molecule has 0 saturated carbocycles. The molecule has 0 aliphatic carbocycles. The molecule has 0 aromatic rings. The van der Waals surface area contributed by atoms with Gasteiger partial charge in [-0.1, -0.05) is 0 Å².